The third-order valence-corrected chi connectivity index (χ3v) is 3.22. The Balaban J connectivity index is 0.00000232. The van der Waals surface area contributed by atoms with Crippen LogP contribution >= 0.6 is 0 Å². The van der Waals surface area contributed by atoms with Crippen molar-refractivity contribution in [3.05, 3.63) is 36.0 Å². The molecule has 126 valence electrons. The summed E-state index contributed by atoms with van der Waals surface area (Å²) in [6.07, 6.45) is 5.39. The molecule has 1 saturated heterocycles. The molecule has 3 amide bonds. The number of rotatable bonds is 5. The molecule has 0 aromatic rings. The summed E-state index contributed by atoms with van der Waals surface area (Å²) < 4.78 is 0. The van der Waals surface area contributed by atoms with Gasteiger partial charge in [-0.15, -0.1) is 0 Å². The van der Waals surface area contributed by atoms with Crippen LogP contribution in [0.15, 0.2) is 36.0 Å². The molecule has 6 heteroatoms. The number of allylic oxidation sites excluding steroid dienone is 3. The number of likely N-dealkylation sites (N-methyl/N-ethyl adjacent to an activating group) is 1. The zero-order valence-electron chi connectivity index (χ0n) is 14.1. The molecule has 0 radical (unpaired) electrons. The Morgan fingerprint density at radius 2 is 1.96 bits per heavy atom. The summed E-state index contributed by atoms with van der Waals surface area (Å²) in [6.45, 7) is 9.21. The molecule has 0 aliphatic carbocycles. The van der Waals surface area contributed by atoms with Crippen molar-refractivity contribution in [1.82, 2.24) is 10.2 Å². The Bertz CT molecular complexity index is 537. The summed E-state index contributed by atoms with van der Waals surface area (Å²) in [5, 5.41) is 2.20. The number of amides is 3. The van der Waals surface area contributed by atoms with E-state index in [0.29, 0.717) is 6.29 Å². The fourth-order valence-electron chi connectivity index (χ4n) is 2.06. The summed E-state index contributed by atoms with van der Waals surface area (Å²) >= 11 is 0. The fourth-order valence-corrected chi connectivity index (χ4v) is 2.06. The highest BCUT2D eigenvalue weighted by atomic mass is 16.2. The van der Waals surface area contributed by atoms with Gasteiger partial charge in [-0.05, 0) is 13.3 Å². The average molecular weight is 320 g/mol. The molecule has 1 N–H and O–H groups in total. The van der Waals surface area contributed by atoms with E-state index >= 15 is 0 Å². The van der Waals surface area contributed by atoms with E-state index in [4.69, 9.17) is 0 Å². The molecule has 0 saturated carbocycles. The molecular formula is C17H24N2O4. The first-order valence-electron chi connectivity index (χ1n) is 7.51. The van der Waals surface area contributed by atoms with E-state index in [1.165, 1.54) is 24.1 Å². The Morgan fingerprint density at radius 1 is 1.35 bits per heavy atom. The van der Waals surface area contributed by atoms with Crippen LogP contribution in [0.25, 0.3) is 0 Å². The first-order chi connectivity index (χ1) is 11.0. The lowest BCUT2D eigenvalue weighted by Gasteiger charge is -2.30. The monoisotopic (exact) mass is 320 g/mol. The Morgan fingerprint density at radius 3 is 2.39 bits per heavy atom. The normalized spacial score (nSPS) is 18.3. The van der Waals surface area contributed by atoms with Gasteiger partial charge < -0.3 is 4.90 Å². The zero-order valence-corrected chi connectivity index (χ0v) is 14.1. The first-order valence-corrected chi connectivity index (χ1v) is 7.51. The zero-order chi connectivity index (χ0) is 18.0. The van der Waals surface area contributed by atoms with Crippen molar-refractivity contribution in [2.45, 2.75) is 39.7 Å². The van der Waals surface area contributed by atoms with E-state index in [1.54, 1.807) is 13.0 Å². The van der Waals surface area contributed by atoms with Gasteiger partial charge in [0.25, 0.3) is 5.91 Å². The third-order valence-electron chi connectivity index (χ3n) is 3.22. The van der Waals surface area contributed by atoms with Crippen molar-refractivity contribution in [1.29, 1.82) is 0 Å². The van der Waals surface area contributed by atoms with Crippen molar-refractivity contribution < 1.29 is 19.2 Å². The number of imide groups is 1. The highest BCUT2D eigenvalue weighted by Gasteiger charge is 2.33. The quantitative estimate of drug-likeness (QED) is 0.360. The number of hydrogen-bond donors (Lipinski definition) is 1. The second-order valence-corrected chi connectivity index (χ2v) is 4.57. The number of hydrogen-bond acceptors (Lipinski definition) is 4. The van der Waals surface area contributed by atoms with Crippen molar-refractivity contribution in [2.24, 2.45) is 0 Å². The van der Waals surface area contributed by atoms with Crippen molar-refractivity contribution >= 4 is 24.0 Å². The van der Waals surface area contributed by atoms with Crippen molar-refractivity contribution in [3.63, 3.8) is 0 Å². The maximum absolute atomic E-state index is 12.5. The van der Waals surface area contributed by atoms with Gasteiger partial charge in [0.2, 0.25) is 11.8 Å². The molecule has 1 atom stereocenters. The molecule has 6 nitrogen and oxygen atoms in total. The van der Waals surface area contributed by atoms with Crippen LogP contribution in [-0.4, -0.2) is 42.0 Å². The Labute approximate surface area is 136 Å². The van der Waals surface area contributed by atoms with Gasteiger partial charge in [-0.25, -0.2) is 0 Å². The highest BCUT2D eigenvalue weighted by molar-refractivity contribution is 6.06. The minimum Gasteiger partial charge on any atom is -0.330 e. The molecule has 1 heterocycles. The van der Waals surface area contributed by atoms with E-state index in [0.717, 1.165) is 0 Å². The molecule has 0 spiro atoms. The van der Waals surface area contributed by atoms with E-state index in [2.05, 4.69) is 11.9 Å². The van der Waals surface area contributed by atoms with E-state index in [1.807, 2.05) is 13.8 Å². The van der Waals surface area contributed by atoms with Crippen LogP contribution in [0.5, 0.6) is 0 Å². The molecule has 0 aromatic heterocycles. The van der Waals surface area contributed by atoms with Crippen LogP contribution in [0.3, 0.4) is 0 Å². The fraction of sp³-hybridized carbons (Fsp3) is 0.412. The third kappa shape index (κ3) is 5.32. The van der Waals surface area contributed by atoms with Gasteiger partial charge in [0.05, 0.1) is 0 Å². The minimum atomic E-state index is -0.729. The van der Waals surface area contributed by atoms with E-state index in [-0.39, 0.29) is 29.9 Å². The number of nitrogens with one attached hydrogen (secondary N) is 1. The molecular weight excluding hydrogens is 296 g/mol. The number of nitrogens with zero attached hydrogens (tertiary/aromatic N) is 1. The minimum absolute atomic E-state index is 0.150. The van der Waals surface area contributed by atoms with Crippen molar-refractivity contribution in [3.8, 4) is 0 Å². The molecule has 1 aliphatic heterocycles. The summed E-state index contributed by atoms with van der Waals surface area (Å²) in [4.78, 5) is 47.6. The number of carbonyl (C=O) groups excluding carboxylic acids is 4. The summed E-state index contributed by atoms with van der Waals surface area (Å²) in [7, 11) is 1.47. The predicted octanol–water partition coefficient (Wildman–Crippen LogP) is 1.53. The molecule has 23 heavy (non-hydrogen) atoms. The lowest BCUT2D eigenvalue weighted by Crippen LogP contribution is -2.53. The van der Waals surface area contributed by atoms with Crippen LogP contribution in [0, 0.1) is 0 Å². The summed E-state index contributed by atoms with van der Waals surface area (Å²) in [6, 6.07) is -0.729. The maximum Gasteiger partial charge on any atom is 0.254 e. The lowest BCUT2D eigenvalue weighted by atomic mass is 10.0. The highest BCUT2D eigenvalue weighted by Crippen LogP contribution is 2.16. The van der Waals surface area contributed by atoms with Gasteiger partial charge in [-0.2, -0.15) is 0 Å². The van der Waals surface area contributed by atoms with Crippen LogP contribution in [0.1, 0.15) is 33.6 Å². The van der Waals surface area contributed by atoms with Gasteiger partial charge in [-0.1, -0.05) is 38.7 Å². The molecule has 1 unspecified atom stereocenters. The second-order valence-electron chi connectivity index (χ2n) is 4.57. The Kier molecular flexibility index (Phi) is 9.15. The predicted molar refractivity (Wildman–Crippen MR) is 88.4 cm³/mol. The largest absolute Gasteiger partial charge is 0.330 e. The standard InChI is InChI=1S/C15H18N2O4.C2H6/c1-4-6-11(10(5-2)9-18)15(21)17(3)12-7-8-13(19)16-14(12)20;1-2/h4-6,9,12H,2,7-8H2,1,3H3,(H,16,19,20);1-2H3/b6-4-,11-10-;. The van der Waals surface area contributed by atoms with Gasteiger partial charge in [0.1, 0.15) is 6.04 Å². The Hall–Kier alpha value is -2.50. The van der Waals surface area contributed by atoms with Gasteiger partial charge in [0.15, 0.2) is 6.29 Å². The van der Waals surface area contributed by atoms with Crippen molar-refractivity contribution in [2.75, 3.05) is 7.05 Å². The van der Waals surface area contributed by atoms with Crippen LogP contribution < -0.4 is 5.32 Å². The summed E-state index contributed by atoms with van der Waals surface area (Å²) in [5.74, 6) is -1.32. The van der Waals surface area contributed by atoms with Gasteiger partial charge in [0, 0.05) is 24.6 Å². The van der Waals surface area contributed by atoms with E-state index in [9.17, 15) is 19.2 Å². The van der Waals surface area contributed by atoms with Gasteiger partial charge in [-0.3, -0.25) is 24.5 Å². The lowest BCUT2D eigenvalue weighted by molar-refractivity contribution is -0.142. The van der Waals surface area contributed by atoms with Crippen LogP contribution in [0.4, 0.5) is 0 Å². The molecule has 0 bridgehead atoms. The second kappa shape index (κ2) is 10.3. The molecule has 1 rings (SSSR count). The number of carbonyl (C=O) groups is 4. The maximum atomic E-state index is 12.5. The van der Waals surface area contributed by atoms with E-state index < -0.39 is 17.9 Å². The topological polar surface area (TPSA) is 83.6 Å². The average Bonchev–Trinajstić information content (AvgIpc) is 2.55. The molecule has 1 fully saturated rings. The number of piperidine rings is 1. The SMILES string of the molecule is C=C/C(C=O)=C(\C=C/C)C(=O)N(C)C1CCC(=O)NC1=O.CC. The van der Waals surface area contributed by atoms with Gasteiger partial charge >= 0.3 is 0 Å². The van der Waals surface area contributed by atoms with Crippen LogP contribution in [-0.2, 0) is 19.2 Å². The first kappa shape index (κ1) is 20.5. The molecule has 0 aromatic carbocycles. The summed E-state index contributed by atoms with van der Waals surface area (Å²) in [5.41, 5.74) is 0.312. The van der Waals surface area contributed by atoms with Crippen LogP contribution in [0.2, 0.25) is 0 Å². The molecule has 1 aliphatic rings. The number of aldehydes is 1. The smallest absolute Gasteiger partial charge is 0.254 e.